The van der Waals surface area contributed by atoms with Crippen molar-refractivity contribution in [3.63, 3.8) is 0 Å². The molecule has 126 valence electrons. The SMILES string of the molecule is CC1(C)[C@@H](O)C[C@H]1Nc1nc(NCCn2cccc2)ncc1C#N. The molecule has 0 aliphatic heterocycles. The van der Waals surface area contributed by atoms with Gasteiger partial charge in [-0.1, -0.05) is 13.8 Å². The fraction of sp³-hybridized carbons (Fsp3) is 0.471. The Morgan fingerprint density at radius 1 is 1.42 bits per heavy atom. The molecular weight excluding hydrogens is 304 g/mol. The first-order valence-electron chi connectivity index (χ1n) is 8.07. The number of hydrogen-bond donors (Lipinski definition) is 3. The Morgan fingerprint density at radius 2 is 2.17 bits per heavy atom. The predicted octanol–water partition coefficient (Wildman–Crippen LogP) is 1.83. The highest BCUT2D eigenvalue weighted by Gasteiger charge is 2.47. The van der Waals surface area contributed by atoms with E-state index in [2.05, 4.69) is 31.2 Å². The van der Waals surface area contributed by atoms with Crippen molar-refractivity contribution in [2.75, 3.05) is 17.2 Å². The number of aromatic nitrogens is 3. The molecule has 2 aromatic heterocycles. The van der Waals surface area contributed by atoms with E-state index in [0.29, 0.717) is 30.3 Å². The summed E-state index contributed by atoms with van der Waals surface area (Å²) in [5, 5.41) is 25.6. The van der Waals surface area contributed by atoms with Gasteiger partial charge in [0.1, 0.15) is 17.5 Å². The van der Waals surface area contributed by atoms with Crippen molar-refractivity contribution in [2.24, 2.45) is 5.41 Å². The average Bonchev–Trinajstić information content (AvgIpc) is 3.08. The Morgan fingerprint density at radius 3 is 2.79 bits per heavy atom. The van der Waals surface area contributed by atoms with Gasteiger partial charge in [0.05, 0.1) is 12.3 Å². The first kappa shape index (κ1) is 16.3. The van der Waals surface area contributed by atoms with Crippen molar-refractivity contribution < 1.29 is 5.11 Å². The molecule has 0 bridgehead atoms. The summed E-state index contributed by atoms with van der Waals surface area (Å²) in [5.74, 6) is 1.00. The van der Waals surface area contributed by atoms with Gasteiger partial charge in [-0.2, -0.15) is 10.2 Å². The topological polar surface area (TPSA) is 98.8 Å². The summed E-state index contributed by atoms with van der Waals surface area (Å²) in [5.41, 5.74) is 0.169. The molecule has 1 aliphatic rings. The Hall–Kier alpha value is -2.59. The minimum Gasteiger partial charge on any atom is -0.392 e. The zero-order chi connectivity index (χ0) is 17.2. The maximum Gasteiger partial charge on any atom is 0.224 e. The van der Waals surface area contributed by atoms with Crippen LogP contribution in [0, 0.1) is 16.7 Å². The molecule has 3 N–H and O–H groups in total. The van der Waals surface area contributed by atoms with Gasteiger partial charge in [0.25, 0.3) is 0 Å². The number of nitriles is 1. The quantitative estimate of drug-likeness (QED) is 0.749. The maximum atomic E-state index is 9.86. The lowest BCUT2D eigenvalue weighted by atomic mass is 9.64. The van der Waals surface area contributed by atoms with Gasteiger partial charge in [0.15, 0.2) is 0 Å². The number of aliphatic hydroxyl groups is 1. The Labute approximate surface area is 141 Å². The molecule has 2 heterocycles. The van der Waals surface area contributed by atoms with Crippen LogP contribution in [0.1, 0.15) is 25.8 Å². The Bertz CT molecular complexity index is 734. The van der Waals surface area contributed by atoms with E-state index in [0.717, 1.165) is 6.54 Å². The van der Waals surface area contributed by atoms with Gasteiger partial charge in [-0.15, -0.1) is 0 Å². The van der Waals surface area contributed by atoms with Crippen LogP contribution >= 0.6 is 0 Å². The van der Waals surface area contributed by atoms with Gasteiger partial charge in [-0.3, -0.25) is 0 Å². The molecule has 2 atom stereocenters. The van der Waals surface area contributed by atoms with Crippen LogP contribution in [0.25, 0.3) is 0 Å². The van der Waals surface area contributed by atoms with E-state index in [1.165, 1.54) is 6.20 Å². The van der Waals surface area contributed by atoms with Crippen LogP contribution in [-0.4, -0.2) is 38.3 Å². The van der Waals surface area contributed by atoms with Gasteiger partial charge >= 0.3 is 0 Å². The van der Waals surface area contributed by atoms with Gasteiger partial charge < -0.3 is 20.3 Å². The highest BCUT2D eigenvalue weighted by molar-refractivity contribution is 5.54. The van der Waals surface area contributed by atoms with E-state index in [4.69, 9.17) is 0 Å². The maximum absolute atomic E-state index is 9.86. The predicted molar refractivity (Wildman–Crippen MR) is 91.5 cm³/mol. The number of anilines is 2. The molecule has 0 amide bonds. The highest BCUT2D eigenvalue weighted by atomic mass is 16.3. The molecule has 1 saturated carbocycles. The minimum atomic E-state index is -0.332. The molecule has 0 radical (unpaired) electrons. The standard InChI is InChI=1S/C17H22N6O/c1-17(2)13(9-14(17)24)21-15-12(10-18)11-20-16(22-15)19-5-8-23-6-3-4-7-23/h3-4,6-7,11,13-14,24H,5,8-9H2,1-2H3,(H2,19,20,21,22)/t13-,14+/m1/s1. The molecule has 3 rings (SSSR count). The van der Waals surface area contributed by atoms with E-state index in [9.17, 15) is 10.4 Å². The van der Waals surface area contributed by atoms with Crippen LogP contribution in [0.3, 0.4) is 0 Å². The fourth-order valence-electron chi connectivity index (χ4n) is 2.79. The summed E-state index contributed by atoms with van der Waals surface area (Å²) in [6.07, 6.45) is 5.84. The second-order valence-corrected chi connectivity index (χ2v) is 6.69. The third kappa shape index (κ3) is 3.19. The fourth-order valence-corrected chi connectivity index (χ4v) is 2.79. The van der Waals surface area contributed by atoms with E-state index in [-0.39, 0.29) is 17.6 Å². The molecule has 0 spiro atoms. The lowest BCUT2D eigenvalue weighted by Crippen LogP contribution is -2.57. The van der Waals surface area contributed by atoms with Crippen molar-refractivity contribution in [3.05, 3.63) is 36.3 Å². The first-order chi connectivity index (χ1) is 11.5. The third-order valence-corrected chi connectivity index (χ3v) is 4.76. The van der Waals surface area contributed by atoms with Crippen LogP contribution in [0.2, 0.25) is 0 Å². The van der Waals surface area contributed by atoms with E-state index >= 15 is 0 Å². The van der Waals surface area contributed by atoms with Crippen molar-refractivity contribution in [1.82, 2.24) is 14.5 Å². The van der Waals surface area contributed by atoms with Crippen LogP contribution < -0.4 is 10.6 Å². The monoisotopic (exact) mass is 326 g/mol. The van der Waals surface area contributed by atoms with Crippen molar-refractivity contribution in [2.45, 2.75) is 39.0 Å². The van der Waals surface area contributed by atoms with E-state index in [1.54, 1.807) is 0 Å². The van der Waals surface area contributed by atoms with Gasteiger partial charge in [-0.05, 0) is 18.6 Å². The second-order valence-electron chi connectivity index (χ2n) is 6.69. The largest absolute Gasteiger partial charge is 0.392 e. The molecule has 1 aliphatic carbocycles. The number of hydrogen-bond acceptors (Lipinski definition) is 6. The molecule has 2 aromatic rings. The zero-order valence-electron chi connectivity index (χ0n) is 13.9. The molecule has 0 saturated heterocycles. The summed E-state index contributed by atoms with van der Waals surface area (Å²) < 4.78 is 2.06. The Kier molecular flexibility index (Phi) is 4.40. The lowest BCUT2D eigenvalue weighted by molar-refractivity contribution is -0.0511. The number of rotatable bonds is 6. The Balaban J connectivity index is 1.66. The van der Waals surface area contributed by atoms with Gasteiger partial charge in [0.2, 0.25) is 5.95 Å². The van der Waals surface area contributed by atoms with Crippen molar-refractivity contribution in [3.8, 4) is 6.07 Å². The summed E-state index contributed by atoms with van der Waals surface area (Å²) in [4.78, 5) is 8.62. The van der Waals surface area contributed by atoms with Gasteiger partial charge in [-0.25, -0.2) is 4.98 Å². The molecule has 7 heteroatoms. The third-order valence-electron chi connectivity index (χ3n) is 4.76. The minimum absolute atomic E-state index is 0.0854. The van der Waals surface area contributed by atoms with Crippen molar-refractivity contribution >= 4 is 11.8 Å². The van der Waals surface area contributed by atoms with Crippen molar-refractivity contribution in [1.29, 1.82) is 5.26 Å². The molecule has 7 nitrogen and oxygen atoms in total. The lowest BCUT2D eigenvalue weighted by Gasteiger charge is -2.49. The normalized spacial score (nSPS) is 21.6. The second kappa shape index (κ2) is 6.49. The van der Waals surface area contributed by atoms with Crippen LogP contribution in [0.5, 0.6) is 0 Å². The summed E-state index contributed by atoms with van der Waals surface area (Å²) in [6.45, 7) is 5.50. The van der Waals surface area contributed by atoms with Crippen LogP contribution in [0.4, 0.5) is 11.8 Å². The van der Waals surface area contributed by atoms with E-state index in [1.807, 2.05) is 38.4 Å². The summed E-state index contributed by atoms with van der Waals surface area (Å²) in [6, 6.07) is 6.16. The molecule has 1 fully saturated rings. The molecular formula is C17H22N6O. The van der Waals surface area contributed by atoms with Gasteiger partial charge in [0, 0.05) is 36.9 Å². The van der Waals surface area contributed by atoms with E-state index < -0.39 is 0 Å². The zero-order valence-corrected chi connectivity index (χ0v) is 13.9. The summed E-state index contributed by atoms with van der Waals surface area (Å²) in [7, 11) is 0. The number of nitrogens with zero attached hydrogens (tertiary/aromatic N) is 4. The smallest absolute Gasteiger partial charge is 0.224 e. The van der Waals surface area contributed by atoms with Crippen LogP contribution in [-0.2, 0) is 6.54 Å². The molecule has 0 aromatic carbocycles. The van der Waals surface area contributed by atoms with Crippen LogP contribution in [0.15, 0.2) is 30.7 Å². The average molecular weight is 326 g/mol. The molecule has 24 heavy (non-hydrogen) atoms. The number of nitrogens with one attached hydrogen (secondary N) is 2. The highest BCUT2D eigenvalue weighted by Crippen LogP contribution is 2.42. The summed E-state index contributed by atoms with van der Waals surface area (Å²) >= 11 is 0. The first-order valence-corrected chi connectivity index (χ1v) is 8.07. The number of aliphatic hydroxyl groups excluding tert-OH is 1. The molecule has 0 unspecified atom stereocenters.